The van der Waals surface area contributed by atoms with Crippen LogP contribution in [0.15, 0.2) is 0 Å². The highest BCUT2D eigenvalue weighted by Gasteiger charge is 2.14. The number of alkyl halides is 1. The van der Waals surface area contributed by atoms with Crippen molar-refractivity contribution >= 4 is 22.0 Å². The van der Waals surface area contributed by atoms with Crippen LogP contribution in [0, 0.1) is 0 Å². The van der Waals surface area contributed by atoms with Crippen molar-refractivity contribution in [2.24, 2.45) is 0 Å². The quantitative estimate of drug-likeness (QED) is 0.551. The molecule has 1 rings (SSSR count). The van der Waals surface area contributed by atoms with Gasteiger partial charge in [0.25, 0.3) is 0 Å². The Kier molecular flexibility index (Phi) is 1.73. The number of hydrogen-bond acceptors (Lipinski definition) is 2. The molecule has 1 aliphatic rings. The van der Waals surface area contributed by atoms with Crippen molar-refractivity contribution < 1.29 is 9.53 Å². The first kappa shape index (κ1) is 5.88. The minimum absolute atomic E-state index is 0.278. The molecule has 8 heavy (non-hydrogen) atoms. The molecule has 1 saturated heterocycles. The van der Waals surface area contributed by atoms with E-state index in [4.69, 9.17) is 0 Å². The van der Waals surface area contributed by atoms with Crippen LogP contribution in [0.3, 0.4) is 0 Å². The number of halogens is 1. The number of carbonyl (C=O) groups excluding carboxylic acids is 1. The number of hydrogen-bond donors (Lipinski definition) is 1. The van der Waals surface area contributed by atoms with Gasteiger partial charge >= 0.3 is 6.09 Å². The van der Waals surface area contributed by atoms with Gasteiger partial charge in [-0.15, -0.1) is 0 Å². The second kappa shape index (κ2) is 2.35. The van der Waals surface area contributed by atoms with Gasteiger partial charge in [0.1, 0.15) is 6.61 Å². The first-order valence-corrected chi connectivity index (χ1v) is 3.25. The van der Waals surface area contributed by atoms with E-state index in [1.54, 1.807) is 0 Å². The number of carbonyl (C=O) groups is 1. The lowest BCUT2D eigenvalue weighted by Crippen LogP contribution is -2.39. The SMILES string of the molecule is O=C1NCC(Br)CO1. The third-order valence-electron chi connectivity index (χ3n) is 0.863. The van der Waals surface area contributed by atoms with Gasteiger partial charge < -0.3 is 10.1 Å². The normalized spacial score (nSPS) is 28.6. The summed E-state index contributed by atoms with van der Waals surface area (Å²) >= 11 is 3.28. The molecule has 0 saturated carbocycles. The van der Waals surface area contributed by atoms with Crippen LogP contribution in [0.25, 0.3) is 0 Å². The van der Waals surface area contributed by atoms with E-state index in [0.717, 1.165) is 0 Å². The van der Waals surface area contributed by atoms with Crippen LogP contribution in [-0.4, -0.2) is 24.1 Å². The number of ether oxygens (including phenoxy) is 1. The minimum Gasteiger partial charge on any atom is -0.448 e. The lowest BCUT2D eigenvalue weighted by atomic mass is 10.4. The topological polar surface area (TPSA) is 38.3 Å². The summed E-state index contributed by atoms with van der Waals surface area (Å²) in [6, 6.07) is 0. The lowest BCUT2D eigenvalue weighted by Gasteiger charge is -2.16. The van der Waals surface area contributed by atoms with E-state index in [1.807, 2.05) is 0 Å². The number of amides is 1. The van der Waals surface area contributed by atoms with E-state index in [2.05, 4.69) is 26.0 Å². The molecule has 0 radical (unpaired) electrons. The van der Waals surface area contributed by atoms with Crippen molar-refractivity contribution in [2.75, 3.05) is 13.2 Å². The molecule has 0 bridgehead atoms. The maximum absolute atomic E-state index is 10.3. The summed E-state index contributed by atoms with van der Waals surface area (Å²) in [7, 11) is 0. The zero-order valence-corrected chi connectivity index (χ0v) is 5.77. The van der Waals surface area contributed by atoms with Crippen LogP contribution < -0.4 is 5.32 Å². The smallest absolute Gasteiger partial charge is 0.407 e. The average molecular weight is 180 g/mol. The van der Waals surface area contributed by atoms with Crippen LogP contribution in [0.2, 0.25) is 0 Å². The molecule has 1 amide bonds. The maximum Gasteiger partial charge on any atom is 0.407 e. The summed E-state index contributed by atoms with van der Waals surface area (Å²) in [4.78, 5) is 10.5. The molecule has 0 spiro atoms. The number of alkyl carbamates (subject to hydrolysis) is 1. The molecule has 3 nitrogen and oxygen atoms in total. The molecular weight excluding hydrogens is 174 g/mol. The molecule has 0 aromatic heterocycles. The lowest BCUT2D eigenvalue weighted by molar-refractivity contribution is 0.133. The van der Waals surface area contributed by atoms with Crippen LogP contribution >= 0.6 is 15.9 Å². The van der Waals surface area contributed by atoms with Gasteiger partial charge in [0.15, 0.2) is 0 Å². The zero-order chi connectivity index (χ0) is 5.98. The Bertz CT molecular complexity index is 96.2. The van der Waals surface area contributed by atoms with Gasteiger partial charge in [-0.3, -0.25) is 0 Å². The minimum atomic E-state index is -0.319. The third-order valence-corrected chi connectivity index (χ3v) is 1.45. The number of cyclic esters (lactones) is 1. The molecular formula is C4H6BrNO2. The Labute approximate surface area is 55.5 Å². The molecule has 1 unspecified atom stereocenters. The van der Waals surface area contributed by atoms with E-state index in [9.17, 15) is 4.79 Å². The molecule has 46 valence electrons. The number of rotatable bonds is 0. The molecule has 4 heteroatoms. The Morgan fingerprint density at radius 2 is 2.62 bits per heavy atom. The highest BCUT2D eigenvalue weighted by Crippen LogP contribution is 2.02. The van der Waals surface area contributed by atoms with Gasteiger partial charge in [-0.25, -0.2) is 4.79 Å². The van der Waals surface area contributed by atoms with Crippen molar-refractivity contribution in [3.8, 4) is 0 Å². The molecule has 1 atom stereocenters. The summed E-state index contributed by atoms with van der Waals surface area (Å²) in [6.07, 6.45) is -0.319. The molecule has 1 fully saturated rings. The van der Waals surface area contributed by atoms with E-state index in [1.165, 1.54) is 0 Å². The number of nitrogens with one attached hydrogen (secondary N) is 1. The summed E-state index contributed by atoms with van der Waals surface area (Å²) in [5, 5.41) is 2.52. The zero-order valence-electron chi connectivity index (χ0n) is 4.19. The van der Waals surface area contributed by atoms with Gasteiger partial charge in [0.05, 0.1) is 4.83 Å². The van der Waals surface area contributed by atoms with Crippen LogP contribution in [0.1, 0.15) is 0 Å². The second-order valence-electron chi connectivity index (χ2n) is 1.58. The summed E-state index contributed by atoms with van der Waals surface area (Å²) in [5.41, 5.74) is 0. The van der Waals surface area contributed by atoms with E-state index >= 15 is 0 Å². The molecule has 0 aromatic rings. The van der Waals surface area contributed by atoms with Crippen LogP contribution in [0.5, 0.6) is 0 Å². The second-order valence-corrected chi connectivity index (χ2v) is 2.87. The fraction of sp³-hybridized carbons (Fsp3) is 0.750. The Morgan fingerprint density at radius 3 is 3.00 bits per heavy atom. The Morgan fingerprint density at radius 1 is 1.88 bits per heavy atom. The fourth-order valence-corrected chi connectivity index (χ4v) is 0.764. The summed E-state index contributed by atoms with van der Waals surface area (Å²) < 4.78 is 4.59. The van der Waals surface area contributed by atoms with E-state index < -0.39 is 0 Å². The summed E-state index contributed by atoms with van der Waals surface area (Å²) in [6.45, 7) is 1.14. The predicted molar refractivity (Wildman–Crippen MR) is 32.1 cm³/mol. The third kappa shape index (κ3) is 1.36. The summed E-state index contributed by atoms with van der Waals surface area (Å²) in [5.74, 6) is 0. The van der Waals surface area contributed by atoms with Crippen molar-refractivity contribution in [2.45, 2.75) is 4.83 Å². The molecule has 0 aliphatic carbocycles. The molecule has 1 heterocycles. The van der Waals surface area contributed by atoms with Crippen molar-refractivity contribution in [3.05, 3.63) is 0 Å². The Hall–Kier alpha value is -0.250. The van der Waals surface area contributed by atoms with Gasteiger partial charge in [0.2, 0.25) is 0 Å². The molecule has 0 aromatic carbocycles. The predicted octanol–water partition coefficient (Wildman–Crippen LogP) is 0.490. The van der Waals surface area contributed by atoms with E-state index in [-0.39, 0.29) is 10.9 Å². The molecule has 1 N–H and O–H groups in total. The van der Waals surface area contributed by atoms with Gasteiger partial charge in [-0.2, -0.15) is 0 Å². The molecule has 1 aliphatic heterocycles. The average Bonchev–Trinajstić information content (AvgIpc) is 1.77. The maximum atomic E-state index is 10.3. The van der Waals surface area contributed by atoms with Crippen LogP contribution in [0.4, 0.5) is 4.79 Å². The monoisotopic (exact) mass is 179 g/mol. The van der Waals surface area contributed by atoms with Crippen molar-refractivity contribution in [1.82, 2.24) is 5.32 Å². The highest BCUT2D eigenvalue weighted by atomic mass is 79.9. The standard InChI is InChI=1S/C4H6BrNO2/c5-3-1-6-4(7)8-2-3/h3H,1-2H2,(H,6,7). The first-order chi connectivity index (χ1) is 3.79. The Balaban J connectivity index is 2.29. The largest absolute Gasteiger partial charge is 0.448 e. The van der Waals surface area contributed by atoms with Crippen molar-refractivity contribution in [1.29, 1.82) is 0 Å². The first-order valence-electron chi connectivity index (χ1n) is 2.34. The highest BCUT2D eigenvalue weighted by molar-refractivity contribution is 9.09. The van der Waals surface area contributed by atoms with Gasteiger partial charge in [0, 0.05) is 6.54 Å². The van der Waals surface area contributed by atoms with Gasteiger partial charge in [-0.1, -0.05) is 15.9 Å². The van der Waals surface area contributed by atoms with E-state index in [0.29, 0.717) is 13.2 Å². The van der Waals surface area contributed by atoms with Gasteiger partial charge in [-0.05, 0) is 0 Å². The van der Waals surface area contributed by atoms with Crippen LogP contribution in [-0.2, 0) is 4.74 Å². The fourth-order valence-electron chi connectivity index (χ4n) is 0.470. The van der Waals surface area contributed by atoms with Crippen molar-refractivity contribution in [3.63, 3.8) is 0 Å².